The number of hydrogen-bond donors (Lipinski definition) is 0. The first-order chi connectivity index (χ1) is 16.9. The van der Waals surface area contributed by atoms with E-state index in [9.17, 15) is 14.4 Å². The first kappa shape index (κ1) is 25.1. The fourth-order valence-corrected chi connectivity index (χ4v) is 4.65. The molecule has 3 amide bonds. The van der Waals surface area contributed by atoms with Gasteiger partial charge in [0.2, 0.25) is 5.91 Å². The molecule has 8 nitrogen and oxygen atoms in total. The lowest BCUT2D eigenvalue weighted by Gasteiger charge is -2.27. The zero-order valence-electron chi connectivity index (χ0n) is 19.2. The van der Waals surface area contributed by atoms with Crippen molar-refractivity contribution in [2.75, 3.05) is 40.0 Å². The van der Waals surface area contributed by atoms with Crippen LogP contribution in [0.1, 0.15) is 17.5 Å². The van der Waals surface area contributed by atoms with Gasteiger partial charge in [-0.3, -0.25) is 19.3 Å². The number of halogens is 1. The zero-order valence-corrected chi connectivity index (χ0v) is 20.8. The van der Waals surface area contributed by atoms with Gasteiger partial charge in [0.05, 0.1) is 25.2 Å². The molecule has 2 aliphatic heterocycles. The predicted molar refractivity (Wildman–Crippen MR) is 133 cm³/mol. The Morgan fingerprint density at radius 1 is 1.11 bits per heavy atom. The summed E-state index contributed by atoms with van der Waals surface area (Å²) < 4.78 is 16.6. The Morgan fingerprint density at radius 2 is 1.86 bits per heavy atom. The summed E-state index contributed by atoms with van der Waals surface area (Å²) in [7, 11) is 1.54. The Balaban J connectivity index is 1.39. The molecule has 0 aliphatic carbocycles. The lowest BCUT2D eigenvalue weighted by atomic mass is 10.1. The average molecular weight is 517 g/mol. The highest BCUT2D eigenvalue weighted by molar-refractivity contribution is 8.18. The van der Waals surface area contributed by atoms with Crippen LogP contribution in [0.25, 0.3) is 6.08 Å². The number of rotatable bonds is 8. The molecule has 2 aliphatic rings. The van der Waals surface area contributed by atoms with E-state index in [0.717, 1.165) is 22.2 Å². The van der Waals surface area contributed by atoms with E-state index in [1.54, 1.807) is 41.3 Å². The molecule has 0 N–H and O–H groups in total. The van der Waals surface area contributed by atoms with E-state index in [0.29, 0.717) is 59.9 Å². The van der Waals surface area contributed by atoms with Crippen molar-refractivity contribution in [3.63, 3.8) is 0 Å². The van der Waals surface area contributed by atoms with E-state index in [2.05, 4.69) is 0 Å². The normalized spacial score (nSPS) is 17.3. The number of ether oxygens (including phenoxy) is 3. The molecule has 0 saturated carbocycles. The van der Waals surface area contributed by atoms with Gasteiger partial charge in [-0.25, -0.2) is 0 Å². The van der Waals surface area contributed by atoms with Crippen molar-refractivity contribution in [1.29, 1.82) is 0 Å². The first-order valence-electron chi connectivity index (χ1n) is 11.1. The van der Waals surface area contributed by atoms with Crippen LogP contribution < -0.4 is 9.47 Å². The van der Waals surface area contributed by atoms with E-state index in [1.165, 1.54) is 7.11 Å². The van der Waals surface area contributed by atoms with Crippen molar-refractivity contribution < 1.29 is 28.6 Å². The molecule has 184 valence electrons. The average Bonchev–Trinajstić information content (AvgIpc) is 3.14. The summed E-state index contributed by atoms with van der Waals surface area (Å²) >= 11 is 6.78. The van der Waals surface area contributed by atoms with Crippen molar-refractivity contribution in [3.8, 4) is 11.5 Å². The lowest BCUT2D eigenvalue weighted by Crippen LogP contribution is -2.42. The summed E-state index contributed by atoms with van der Waals surface area (Å²) in [5.41, 5.74) is 1.65. The third kappa shape index (κ3) is 6.36. The van der Waals surface area contributed by atoms with E-state index < -0.39 is 5.91 Å². The van der Waals surface area contributed by atoms with E-state index in [1.807, 2.05) is 12.1 Å². The quantitative estimate of drug-likeness (QED) is 0.486. The Morgan fingerprint density at radius 3 is 2.57 bits per heavy atom. The van der Waals surface area contributed by atoms with Crippen molar-refractivity contribution in [2.45, 2.75) is 13.0 Å². The standard InChI is InChI=1S/C25H25ClN2O6S/c1-32-21-14-18(4-7-20(21)34-16-17-2-5-19(26)6-3-17)15-22-24(30)28(25(31)35-22)9-8-23(29)27-10-12-33-13-11-27/h2-7,14-15H,8-13,16H2,1H3/b22-15-. The molecule has 0 unspecified atom stereocenters. The fraction of sp³-hybridized carbons (Fsp3) is 0.320. The highest BCUT2D eigenvalue weighted by Gasteiger charge is 2.35. The van der Waals surface area contributed by atoms with Crippen LogP contribution in [0.15, 0.2) is 47.4 Å². The van der Waals surface area contributed by atoms with Gasteiger partial charge in [-0.2, -0.15) is 0 Å². The van der Waals surface area contributed by atoms with Crippen LogP contribution in [0.2, 0.25) is 5.02 Å². The van der Waals surface area contributed by atoms with Crippen LogP contribution in [0.4, 0.5) is 4.79 Å². The smallest absolute Gasteiger partial charge is 0.293 e. The van der Waals surface area contributed by atoms with Gasteiger partial charge in [0.15, 0.2) is 11.5 Å². The van der Waals surface area contributed by atoms with Crippen LogP contribution >= 0.6 is 23.4 Å². The van der Waals surface area contributed by atoms with E-state index in [4.69, 9.17) is 25.8 Å². The molecule has 0 spiro atoms. The van der Waals surface area contributed by atoms with Gasteiger partial charge in [-0.1, -0.05) is 29.8 Å². The maximum Gasteiger partial charge on any atom is 0.293 e. The van der Waals surface area contributed by atoms with E-state index >= 15 is 0 Å². The van der Waals surface area contributed by atoms with Gasteiger partial charge in [0.1, 0.15) is 6.61 Å². The number of carbonyl (C=O) groups is 3. The molecule has 2 fully saturated rings. The van der Waals surface area contributed by atoms with Gasteiger partial charge in [0.25, 0.3) is 11.1 Å². The molecule has 2 saturated heterocycles. The fourth-order valence-electron chi connectivity index (χ4n) is 3.66. The number of carbonyl (C=O) groups excluding carboxylic acids is 3. The number of benzene rings is 2. The molecule has 2 aromatic carbocycles. The summed E-state index contributed by atoms with van der Waals surface area (Å²) in [6, 6.07) is 12.6. The highest BCUT2D eigenvalue weighted by Crippen LogP contribution is 2.35. The molecule has 0 atom stereocenters. The summed E-state index contributed by atoms with van der Waals surface area (Å²) in [6.45, 7) is 2.46. The number of hydrogen-bond acceptors (Lipinski definition) is 7. The highest BCUT2D eigenvalue weighted by atomic mass is 35.5. The first-order valence-corrected chi connectivity index (χ1v) is 12.3. The van der Waals surface area contributed by atoms with Crippen LogP contribution in [-0.4, -0.2) is 66.8 Å². The Kier molecular flexibility index (Phi) is 8.33. The third-order valence-electron chi connectivity index (χ3n) is 5.58. The number of imide groups is 1. The largest absolute Gasteiger partial charge is 0.493 e. The van der Waals surface area contributed by atoms with Crippen molar-refractivity contribution in [2.24, 2.45) is 0 Å². The molecular weight excluding hydrogens is 492 g/mol. The van der Waals surface area contributed by atoms with E-state index in [-0.39, 0.29) is 24.1 Å². The number of morpholine rings is 1. The molecule has 0 bridgehead atoms. The second kappa shape index (κ2) is 11.6. The SMILES string of the molecule is COc1cc(/C=C2\SC(=O)N(CCC(=O)N3CCOCC3)C2=O)ccc1OCc1ccc(Cl)cc1. The van der Waals surface area contributed by atoms with Crippen molar-refractivity contribution in [1.82, 2.24) is 9.80 Å². The molecule has 2 heterocycles. The minimum atomic E-state index is -0.406. The molecule has 10 heteroatoms. The molecule has 2 aromatic rings. The van der Waals surface area contributed by atoms with Gasteiger partial charge in [-0.05, 0) is 53.2 Å². The Bertz CT molecular complexity index is 1130. The molecule has 4 rings (SSSR count). The second-order valence-electron chi connectivity index (χ2n) is 7.90. The maximum atomic E-state index is 12.8. The summed E-state index contributed by atoms with van der Waals surface area (Å²) in [5, 5.41) is 0.273. The summed E-state index contributed by atoms with van der Waals surface area (Å²) in [4.78, 5) is 40.7. The lowest BCUT2D eigenvalue weighted by molar-refractivity contribution is -0.135. The number of methoxy groups -OCH3 is 1. The van der Waals surface area contributed by atoms with Crippen LogP contribution in [0.5, 0.6) is 11.5 Å². The summed E-state index contributed by atoms with van der Waals surface area (Å²) in [5.74, 6) is 0.560. The van der Waals surface area contributed by atoms with Crippen LogP contribution in [0.3, 0.4) is 0 Å². The van der Waals surface area contributed by atoms with Gasteiger partial charge in [0, 0.05) is 31.1 Å². The number of amides is 3. The van der Waals surface area contributed by atoms with Gasteiger partial charge in [-0.15, -0.1) is 0 Å². The van der Waals surface area contributed by atoms with Gasteiger partial charge >= 0.3 is 0 Å². The second-order valence-corrected chi connectivity index (χ2v) is 9.33. The van der Waals surface area contributed by atoms with Gasteiger partial charge < -0.3 is 19.1 Å². The maximum absolute atomic E-state index is 12.8. The third-order valence-corrected chi connectivity index (χ3v) is 6.74. The minimum Gasteiger partial charge on any atom is -0.493 e. The Labute approximate surface area is 212 Å². The zero-order chi connectivity index (χ0) is 24.8. The topological polar surface area (TPSA) is 85.4 Å². The molecular formula is C25H25ClN2O6S. The number of nitrogens with zero attached hydrogens (tertiary/aromatic N) is 2. The predicted octanol–water partition coefficient (Wildman–Crippen LogP) is 4.21. The molecule has 35 heavy (non-hydrogen) atoms. The number of thioether (sulfide) groups is 1. The van der Waals surface area contributed by atoms with Crippen LogP contribution in [0, 0.1) is 0 Å². The monoisotopic (exact) mass is 516 g/mol. The molecule has 0 radical (unpaired) electrons. The summed E-state index contributed by atoms with van der Waals surface area (Å²) in [6.07, 6.45) is 1.74. The van der Waals surface area contributed by atoms with Crippen molar-refractivity contribution in [3.05, 3.63) is 63.5 Å². The Hall–Kier alpha value is -3.01. The molecule has 0 aromatic heterocycles. The van der Waals surface area contributed by atoms with Crippen LogP contribution in [-0.2, 0) is 20.9 Å². The van der Waals surface area contributed by atoms with Crippen molar-refractivity contribution >= 4 is 46.5 Å². The minimum absolute atomic E-state index is 0.0546.